The first-order valence-electron chi connectivity index (χ1n) is 7.66. The van der Waals surface area contributed by atoms with E-state index < -0.39 is 5.54 Å². The van der Waals surface area contributed by atoms with Crippen LogP contribution in [-0.2, 0) is 9.53 Å². The van der Waals surface area contributed by atoms with Gasteiger partial charge in [0.15, 0.2) is 0 Å². The second-order valence-corrected chi connectivity index (χ2v) is 6.02. The number of hydrogen-bond donors (Lipinski definition) is 1. The molecular formula is C15H31N3O2. The Hall–Kier alpha value is -0.650. The maximum absolute atomic E-state index is 11.8. The topological polar surface area (TPSA) is 44.8 Å². The minimum Gasteiger partial charge on any atom is -0.468 e. The normalized spacial score (nSPS) is 24.4. The number of ether oxygens (including phenoxy) is 1. The number of methoxy groups -OCH3 is 1. The molecule has 0 aliphatic carbocycles. The van der Waals surface area contributed by atoms with Crippen molar-refractivity contribution < 1.29 is 9.53 Å². The summed E-state index contributed by atoms with van der Waals surface area (Å²) in [7, 11) is 5.48. The van der Waals surface area contributed by atoms with Crippen molar-refractivity contribution in [1.29, 1.82) is 0 Å². The minimum absolute atomic E-state index is 0.176. The van der Waals surface area contributed by atoms with Crippen molar-refractivity contribution in [3.8, 4) is 0 Å². The van der Waals surface area contributed by atoms with Gasteiger partial charge >= 0.3 is 5.97 Å². The summed E-state index contributed by atoms with van der Waals surface area (Å²) in [6.07, 6.45) is 3.01. The van der Waals surface area contributed by atoms with E-state index in [0.29, 0.717) is 6.04 Å². The first-order valence-corrected chi connectivity index (χ1v) is 7.66. The van der Waals surface area contributed by atoms with Crippen LogP contribution in [0.4, 0.5) is 0 Å². The fraction of sp³-hybridized carbons (Fsp3) is 0.933. The van der Waals surface area contributed by atoms with Crippen LogP contribution >= 0.6 is 0 Å². The quantitative estimate of drug-likeness (QED) is 0.706. The van der Waals surface area contributed by atoms with Crippen LogP contribution in [0.3, 0.4) is 0 Å². The zero-order valence-electron chi connectivity index (χ0n) is 13.7. The summed E-state index contributed by atoms with van der Waals surface area (Å²) in [6, 6.07) is 0.667. The standard InChI is InChI=1S/C15H31N3O2/c1-6-13-12-18(11-10-17(13)4)9-7-8-15(2,16-3)14(19)20-5/h13,16H,6-12H2,1-5H3. The smallest absolute Gasteiger partial charge is 0.325 e. The summed E-state index contributed by atoms with van der Waals surface area (Å²) in [5, 5.41) is 3.09. The summed E-state index contributed by atoms with van der Waals surface area (Å²) < 4.78 is 4.88. The number of esters is 1. The molecule has 2 unspecified atom stereocenters. The van der Waals surface area contributed by atoms with Gasteiger partial charge in [0, 0.05) is 25.7 Å². The summed E-state index contributed by atoms with van der Waals surface area (Å²) in [5.41, 5.74) is -0.564. The molecule has 0 spiro atoms. The van der Waals surface area contributed by atoms with E-state index in [2.05, 4.69) is 29.1 Å². The lowest BCUT2D eigenvalue weighted by molar-refractivity contribution is -0.148. The predicted octanol–water partition coefficient (Wildman–Crippen LogP) is 0.944. The van der Waals surface area contributed by atoms with Gasteiger partial charge in [-0.1, -0.05) is 6.92 Å². The predicted molar refractivity (Wildman–Crippen MR) is 81.9 cm³/mol. The highest BCUT2D eigenvalue weighted by Gasteiger charge is 2.32. The van der Waals surface area contributed by atoms with Crippen LogP contribution in [0.15, 0.2) is 0 Å². The van der Waals surface area contributed by atoms with E-state index in [1.807, 2.05) is 14.0 Å². The second kappa shape index (κ2) is 7.96. The zero-order chi connectivity index (χ0) is 15.2. The maximum Gasteiger partial charge on any atom is 0.325 e. The molecule has 0 amide bonds. The maximum atomic E-state index is 11.8. The van der Waals surface area contributed by atoms with E-state index in [1.165, 1.54) is 13.5 Å². The molecule has 5 nitrogen and oxygen atoms in total. The Morgan fingerprint density at radius 3 is 2.70 bits per heavy atom. The molecule has 5 heteroatoms. The molecule has 118 valence electrons. The van der Waals surface area contributed by atoms with Gasteiger partial charge in [-0.05, 0) is 46.8 Å². The van der Waals surface area contributed by atoms with Crippen LogP contribution in [0, 0.1) is 0 Å². The summed E-state index contributed by atoms with van der Waals surface area (Å²) >= 11 is 0. The molecule has 0 aromatic rings. The number of carbonyl (C=O) groups is 1. The van der Waals surface area contributed by atoms with Crippen LogP contribution < -0.4 is 5.32 Å². The van der Waals surface area contributed by atoms with Gasteiger partial charge in [-0.2, -0.15) is 0 Å². The molecule has 20 heavy (non-hydrogen) atoms. The van der Waals surface area contributed by atoms with E-state index in [1.54, 1.807) is 0 Å². The molecule has 0 saturated carbocycles. The van der Waals surface area contributed by atoms with E-state index in [9.17, 15) is 4.79 Å². The van der Waals surface area contributed by atoms with Crippen LogP contribution in [0.2, 0.25) is 0 Å². The van der Waals surface area contributed by atoms with Gasteiger partial charge in [-0.15, -0.1) is 0 Å². The van der Waals surface area contributed by atoms with E-state index >= 15 is 0 Å². The number of piperazine rings is 1. The fourth-order valence-electron chi connectivity index (χ4n) is 2.86. The van der Waals surface area contributed by atoms with E-state index in [0.717, 1.165) is 39.0 Å². The van der Waals surface area contributed by atoms with Crippen molar-refractivity contribution in [2.45, 2.75) is 44.7 Å². The molecule has 1 fully saturated rings. The van der Waals surface area contributed by atoms with Gasteiger partial charge in [-0.3, -0.25) is 4.79 Å². The minimum atomic E-state index is -0.564. The van der Waals surface area contributed by atoms with Gasteiger partial charge in [-0.25, -0.2) is 0 Å². The lowest BCUT2D eigenvalue weighted by Gasteiger charge is -2.39. The Bertz CT molecular complexity index is 311. The molecule has 1 heterocycles. The third-order valence-corrected chi connectivity index (χ3v) is 4.67. The van der Waals surface area contributed by atoms with E-state index in [4.69, 9.17) is 4.74 Å². The molecular weight excluding hydrogens is 254 g/mol. The van der Waals surface area contributed by atoms with Gasteiger partial charge in [0.1, 0.15) is 5.54 Å². The first-order chi connectivity index (χ1) is 9.46. The lowest BCUT2D eigenvalue weighted by atomic mass is 9.96. The molecule has 1 aliphatic rings. The Morgan fingerprint density at radius 2 is 2.15 bits per heavy atom. The summed E-state index contributed by atoms with van der Waals surface area (Å²) in [6.45, 7) is 8.62. The van der Waals surface area contributed by atoms with Gasteiger partial charge in [0.2, 0.25) is 0 Å². The van der Waals surface area contributed by atoms with Crippen LogP contribution in [0.25, 0.3) is 0 Å². The van der Waals surface area contributed by atoms with Gasteiger partial charge in [0.25, 0.3) is 0 Å². The molecule has 1 rings (SSSR count). The average molecular weight is 285 g/mol. The van der Waals surface area contributed by atoms with Gasteiger partial charge < -0.3 is 19.9 Å². The van der Waals surface area contributed by atoms with Crippen molar-refractivity contribution in [2.24, 2.45) is 0 Å². The number of rotatable bonds is 7. The largest absolute Gasteiger partial charge is 0.468 e. The Labute approximate surface area is 123 Å². The summed E-state index contributed by atoms with van der Waals surface area (Å²) in [4.78, 5) is 16.7. The Balaban J connectivity index is 2.38. The third-order valence-electron chi connectivity index (χ3n) is 4.67. The van der Waals surface area contributed by atoms with E-state index in [-0.39, 0.29) is 5.97 Å². The highest BCUT2D eigenvalue weighted by Crippen LogP contribution is 2.16. The van der Waals surface area contributed by atoms with Crippen molar-refractivity contribution in [3.63, 3.8) is 0 Å². The molecule has 0 aromatic heterocycles. The third kappa shape index (κ3) is 4.43. The Kier molecular flexibility index (Phi) is 6.92. The molecule has 2 atom stereocenters. The number of likely N-dealkylation sites (N-methyl/N-ethyl adjacent to an activating group) is 2. The average Bonchev–Trinajstić information content (AvgIpc) is 2.47. The van der Waals surface area contributed by atoms with Gasteiger partial charge in [0.05, 0.1) is 7.11 Å². The van der Waals surface area contributed by atoms with Crippen LogP contribution in [0.1, 0.15) is 33.1 Å². The highest BCUT2D eigenvalue weighted by atomic mass is 16.5. The number of nitrogens with one attached hydrogen (secondary N) is 1. The van der Waals surface area contributed by atoms with Crippen molar-refractivity contribution >= 4 is 5.97 Å². The zero-order valence-corrected chi connectivity index (χ0v) is 13.7. The molecule has 0 radical (unpaired) electrons. The summed E-state index contributed by atoms with van der Waals surface area (Å²) in [5.74, 6) is -0.176. The number of carbonyl (C=O) groups excluding carboxylic acids is 1. The Morgan fingerprint density at radius 1 is 1.45 bits per heavy atom. The van der Waals surface area contributed by atoms with Crippen LogP contribution in [0.5, 0.6) is 0 Å². The molecule has 1 saturated heterocycles. The number of nitrogens with zero attached hydrogens (tertiary/aromatic N) is 2. The van der Waals surface area contributed by atoms with Crippen molar-refractivity contribution in [1.82, 2.24) is 15.1 Å². The van der Waals surface area contributed by atoms with Crippen molar-refractivity contribution in [3.05, 3.63) is 0 Å². The fourth-order valence-corrected chi connectivity index (χ4v) is 2.86. The molecule has 1 aliphatic heterocycles. The SMILES string of the molecule is CCC1CN(CCCC(C)(NC)C(=O)OC)CCN1C. The molecule has 1 N–H and O–H groups in total. The lowest BCUT2D eigenvalue weighted by Crippen LogP contribution is -2.52. The monoisotopic (exact) mass is 285 g/mol. The molecule has 0 bridgehead atoms. The molecule has 0 aromatic carbocycles. The first kappa shape index (κ1) is 17.4. The second-order valence-electron chi connectivity index (χ2n) is 6.02. The van der Waals surface area contributed by atoms with Crippen molar-refractivity contribution in [2.75, 3.05) is 47.4 Å². The highest BCUT2D eigenvalue weighted by molar-refractivity contribution is 5.80. The number of hydrogen-bond acceptors (Lipinski definition) is 5. The van der Waals surface area contributed by atoms with Crippen LogP contribution in [-0.4, -0.2) is 74.7 Å².